The Labute approximate surface area is 143 Å². The average Bonchev–Trinajstić information content (AvgIpc) is 3.02. The van der Waals surface area contributed by atoms with E-state index in [0.717, 1.165) is 0 Å². The van der Waals surface area contributed by atoms with Gasteiger partial charge in [-0.25, -0.2) is 4.68 Å². The summed E-state index contributed by atoms with van der Waals surface area (Å²) in [6.45, 7) is 0.501. The molecular weight excluding hydrogens is 322 g/mol. The molecular formula is C17H17N5O3. The van der Waals surface area contributed by atoms with Crippen molar-refractivity contribution in [3.8, 4) is 5.75 Å². The fraction of sp³-hybridized carbons (Fsp3) is 0.176. The van der Waals surface area contributed by atoms with Crippen LogP contribution in [0, 0.1) is 0 Å². The molecule has 0 aliphatic carbocycles. The summed E-state index contributed by atoms with van der Waals surface area (Å²) in [4.78, 5) is 24.1. The van der Waals surface area contributed by atoms with E-state index >= 15 is 0 Å². The van der Waals surface area contributed by atoms with Gasteiger partial charge in [0, 0.05) is 25.4 Å². The predicted molar refractivity (Wildman–Crippen MR) is 91.6 cm³/mol. The van der Waals surface area contributed by atoms with Gasteiger partial charge in [0.2, 0.25) is 0 Å². The van der Waals surface area contributed by atoms with Gasteiger partial charge in [-0.1, -0.05) is 18.2 Å². The van der Waals surface area contributed by atoms with E-state index in [1.807, 2.05) is 30.3 Å². The van der Waals surface area contributed by atoms with E-state index in [1.165, 1.54) is 16.8 Å². The Bertz CT molecular complexity index is 917. The van der Waals surface area contributed by atoms with Gasteiger partial charge >= 0.3 is 0 Å². The molecule has 0 aliphatic rings. The minimum absolute atomic E-state index is 0.130. The lowest BCUT2D eigenvalue weighted by Crippen LogP contribution is -2.28. The van der Waals surface area contributed by atoms with E-state index in [4.69, 9.17) is 4.74 Å². The Morgan fingerprint density at radius 3 is 2.64 bits per heavy atom. The first-order chi connectivity index (χ1) is 12.1. The van der Waals surface area contributed by atoms with E-state index < -0.39 is 5.91 Å². The van der Waals surface area contributed by atoms with Crippen LogP contribution < -0.4 is 15.6 Å². The molecule has 3 rings (SSSR count). The third kappa shape index (κ3) is 4.31. The van der Waals surface area contributed by atoms with Crippen LogP contribution in [0.25, 0.3) is 0 Å². The lowest BCUT2D eigenvalue weighted by molar-refractivity contribution is 0.101. The highest BCUT2D eigenvalue weighted by Crippen LogP contribution is 2.08. The smallest absolute Gasteiger partial charge is 0.277 e. The molecule has 0 saturated heterocycles. The average molecular weight is 339 g/mol. The molecule has 0 atom stereocenters. The molecule has 8 heteroatoms. The SMILES string of the molecule is Cn1ccc(NC(=O)c2ccc(=O)n(CCOc3ccccc3)n2)n1. The third-order valence-electron chi connectivity index (χ3n) is 3.37. The second-order valence-corrected chi connectivity index (χ2v) is 5.27. The topological polar surface area (TPSA) is 91.0 Å². The fourth-order valence-corrected chi connectivity index (χ4v) is 2.16. The number of hydrogen-bond acceptors (Lipinski definition) is 5. The van der Waals surface area contributed by atoms with Crippen molar-refractivity contribution in [3.63, 3.8) is 0 Å². The highest BCUT2D eigenvalue weighted by atomic mass is 16.5. The Hall–Kier alpha value is -3.42. The second-order valence-electron chi connectivity index (χ2n) is 5.27. The number of aromatic nitrogens is 4. The minimum atomic E-state index is -0.434. The van der Waals surface area contributed by atoms with E-state index in [1.54, 1.807) is 24.0 Å². The number of nitrogens with zero attached hydrogens (tertiary/aromatic N) is 4. The van der Waals surface area contributed by atoms with Crippen LogP contribution in [-0.4, -0.2) is 32.1 Å². The van der Waals surface area contributed by atoms with Crippen molar-refractivity contribution >= 4 is 11.7 Å². The van der Waals surface area contributed by atoms with Crippen LogP contribution in [-0.2, 0) is 13.6 Å². The maximum absolute atomic E-state index is 12.2. The van der Waals surface area contributed by atoms with Crippen molar-refractivity contribution in [2.45, 2.75) is 6.54 Å². The molecule has 0 unspecified atom stereocenters. The number of para-hydroxylation sites is 1. The highest BCUT2D eigenvalue weighted by Gasteiger charge is 2.11. The Kier molecular flexibility index (Phi) is 4.89. The normalized spacial score (nSPS) is 10.4. The Balaban J connectivity index is 1.65. The van der Waals surface area contributed by atoms with Gasteiger partial charge in [0.15, 0.2) is 5.82 Å². The summed E-state index contributed by atoms with van der Waals surface area (Å²) >= 11 is 0. The largest absolute Gasteiger partial charge is 0.492 e. The maximum atomic E-state index is 12.2. The molecule has 0 bridgehead atoms. The van der Waals surface area contributed by atoms with Crippen LogP contribution in [0.2, 0.25) is 0 Å². The van der Waals surface area contributed by atoms with Gasteiger partial charge in [-0.05, 0) is 18.2 Å². The number of anilines is 1. The zero-order chi connectivity index (χ0) is 17.6. The summed E-state index contributed by atoms with van der Waals surface area (Å²) in [5.41, 5.74) is -0.170. The van der Waals surface area contributed by atoms with Crippen LogP contribution in [0.1, 0.15) is 10.5 Å². The molecule has 3 aromatic rings. The molecule has 2 heterocycles. The summed E-state index contributed by atoms with van der Waals surface area (Å²) < 4.78 is 8.33. The van der Waals surface area contributed by atoms with Crippen LogP contribution in [0.3, 0.4) is 0 Å². The maximum Gasteiger partial charge on any atom is 0.277 e. The Morgan fingerprint density at radius 1 is 1.12 bits per heavy atom. The molecule has 1 amide bonds. The van der Waals surface area contributed by atoms with Crippen LogP contribution in [0.5, 0.6) is 5.75 Å². The number of carbonyl (C=O) groups is 1. The van der Waals surface area contributed by atoms with Gasteiger partial charge in [0.1, 0.15) is 18.1 Å². The molecule has 25 heavy (non-hydrogen) atoms. The molecule has 2 aromatic heterocycles. The predicted octanol–water partition coefficient (Wildman–Crippen LogP) is 1.31. The number of amides is 1. The number of rotatable bonds is 6. The van der Waals surface area contributed by atoms with Gasteiger partial charge in [-0.3, -0.25) is 14.3 Å². The lowest BCUT2D eigenvalue weighted by atomic mass is 10.3. The quantitative estimate of drug-likeness (QED) is 0.731. The van der Waals surface area contributed by atoms with Gasteiger partial charge < -0.3 is 10.1 Å². The molecule has 1 N–H and O–H groups in total. The van der Waals surface area contributed by atoms with Crippen molar-refractivity contribution in [1.29, 1.82) is 0 Å². The number of hydrogen-bond donors (Lipinski definition) is 1. The van der Waals surface area contributed by atoms with E-state index in [0.29, 0.717) is 11.6 Å². The summed E-state index contributed by atoms with van der Waals surface area (Å²) in [5.74, 6) is 0.690. The first kappa shape index (κ1) is 16.4. The lowest BCUT2D eigenvalue weighted by Gasteiger charge is -2.08. The molecule has 0 saturated carbocycles. The van der Waals surface area contributed by atoms with Crippen molar-refractivity contribution < 1.29 is 9.53 Å². The first-order valence-corrected chi connectivity index (χ1v) is 7.69. The van der Waals surface area contributed by atoms with Crippen molar-refractivity contribution in [3.05, 3.63) is 70.8 Å². The summed E-state index contributed by atoms with van der Waals surface area (Å²) in [6, 6.07) is 13.6. The standard InChI is InChI=1S/C17H17N5O3/c1-21-10-9-15(20-21)18-17(24)14-7-8-16(23)22(19-14)11-12-25-13-5-3-2-4-6-13/h2-10H,11-12H2,1H3,(H,18,20,24). The number of benzene rings is 1. The van der Waals surface area contributed by atoms with E-state index in [-0.39, 0.29) is 24.4 Å². The number of ether oxygens (including phenoxy) is 1. The van der Waals surface area contributed by atoms with Crippen molar-refractivity contribution in [1.82, 2.24) is 19.6 Å². The van der Waals surface area contributed by atoms with Gasteiger partial charge in [-0.15, -0.1) is 0 Å². The molecule has 0 fully saturated rings. The van der Waals surface area contributed by atoms with Gasteiger partial charge in [0.25, 0.3) is 11.5 Å². The fourth-order valence-electron chi connectivity index (χ4n) is 2.16. The summed E-state index contributed by atoms with van der Waals surface area (Å²) in [7, 11) is 1.75. The number of nitrogens with one attached hydrogen (secondary N) is 1. The number of carbonyl (C=O) groups excluding carboxylic acids is 1. The van der Waals surface area contributed by atoms with Gasteiger partial charge in [-0.2, -0.15) is 10.2 Å². The van der Waals surface area contributed by atoms with E-state index in [9.17, 15) is 9.59 Å². The molecule has 128 valence electrons. The van der Waals surface area contributed by atoms with Crippen LogP contribution in [0.4, 0.5) is 5.82 Å². The van der Waals surface area contributed by atoms with Gasteiger partial charge in [0.05, 0.1) is 6.54 Å². The van der Waals surface area contributed by atoms with Crippen molar-refractivity contribution in [2.24, 2.45) is 7.05 Å². The molecule has 8 nitrogen and oxygen atoms in total. The molecule has 1 aromatic carbocycles. The van der Waals surface area contributed by atoms with Crippen LogP contribution in [0.15, 0.2) is 59.5 Å². The summed E-state index contributed by atoms with van der Waals surface area (Å²) in [6.07, 6.45) is 1.71. The monoisotopic (exact) mass is 339 g/mol. The molecule has 0 aliphatic heterocycles. The Morgan fingerprint density at radius 2 is 1.92 bits per heavy atom. The first-order valence-electron chi connectivity index (χ1n) is 7.69. The molecule has 0 spiro atoms. The summed E-state index contributed by atoms with van der Waals surface area (Å²) in [5, 5.41) is 10.8. The van der Waals surface area contributed by atoms with Crippen LogP contribution >= 0.6 is 0 Å². The highest BCUT2D eigenvalue weighted by molar-refractivity contribution is 6.02. The second kappa shape index (κ2) is 7.43. The zero-order valence-corrected chi connectivity index (χ0v) is 13.6. The molecule has 0 radical (unpaired) electrons. The number of aryl methyl sites for hydroxylation is 1. The van der Waals surface area contributed by atoms with E-state index in [2.05, 4.69) is 15.5 Å². The third-order valence-corrected chi connectivity index (χ3v) is 3.37. The minimum Gasteiger partial charge on any atom is -0.492 e. The zero-order valence-electron chi connectivity index (χ0n) is 13.6. The van der Waals surface area contributed by atoms with Crippen molar-refractivity contribution in [2.75, 3.05) is 11.9 Å².